The predicted octanol–water partition coefficient (Wildman–Crippen LogP) is 3.05. The van der Waals surface area contributed by atoms with Crippen LogP contribution in [0, 0.1) is 17.8 Å². The minimum Gasteiger partial charge on any atom is -0.352 e. The van der Waals surface area contributed by atoms with Gasteiger partial charge in [-0.15, -0.1) is 0 Å². The highest BCUT2D eigenvalue weighted by Crippen LogP contribution is 2.34. The largest absolute Gasteiger partial charge is 0.352 e. The summed E-state index contributed by atoms with van der Waals surface area (Å²) in [5, 5.41) is 3.26. The smallest absolute Gasteiger partial charge is 0.222 e. The molecule has 0 aromatic carbocycles. The monoisotopic (exact) mass is 280 g/mol. The van der Waals surface area contributed by atoms with E-state index in [9.17, 15) is 4.79 Å². The second kappa shape index (κ2) is 6.93. The van der Waals surface area contributed by atoms with E-state index in [0.29, 0.717) is 12.1 Å². The lowest BCUT2D eigenvalue weighted by molar-refractivity contribution is -0.125. The molecule has 20 heavy (non-hydrogen) atoms. The predicted molar refractivity (Wildman–Crippen MR) is 83.5 cm³/mol. The van der Waals surface area contributed by atoms with E-state index >= 15 is 0 Å². The van der Waals surface area contributed by atoms with Gasteiger partial charge in [0, 0.05) is 31.1 Å². The first kappa shape index (κ1) is 15.8. The zero-order chi connectivity index (χ0) is 14.7. The fourth-order valence-electron chi connectivity index (χ4n) is 3.56. The van der Waals surface area contributed by atoms with Crippen LogP contribution in [0.4, 0.5) is 0 Å². The molecule has 3 unspecified atom stereocenters. The zero-order valence-corrected chi connectivity index (χ0v) is 13.7. The van der Waals surface area contributed by atoms with Crippen LogP contribution in [-0.4, -0.2) is 36.0 Å². The standard InChI is InChI=1S/C17H32N2O/c1-5-14-9-16(18-17(20)12(2)3)11-19(10-14)13(4)15-7-6-8-15/h12-16H,5-11H2,1-4H3,(H,18,20). The van der Waals surface area contributed by atoms with Gasteiger partial charge in [0.15, 0.2) is 0 Å². The molecule has 2 rings (SSSR count). The Bertz CT molecular complexity index is 325. The minimum atomic E-state index is 0.0921. The Morgan fingerprint density at radius 2 is 1.95 bits per heavy atom. The molecule has 3 heteroatoms. The Balaban J connectivity index is 1.93. The SMILES string of the molecule is CCC1CC(NC(=O)C(C)C)CN(C(C)C2CCC2)C1. The highest BCUT2D eigenvalue weighted by Gasteiger charge is 2.34. The molecule has 1 amide bonds. The van der Waals surface area contributed by atoms with Crippen LogP contribution in [0.2, 0.25) is 0 Å². The van der Waals surface area contributed by atoms with Crippen molar-refractivity contribution in [1.82, 2.24) is 10.2 Å². The van der Waals surface area contributed by atoms with E-state index in [2.05, 4.69) is 24.1 Å². The van der Waals surface area contributed by atoms with Gasteiger partial charge in [-0.05, 0) is 38.0 Å². The molecule has 1 saturated heterocycles. The summed E-state index contributed by atoms with van der Waals surface area (Å²) in [6.45, 7) is 10.9. The van der Waals surface area contributed by atoms with Crippen LogP contribution >= 0.6 is 0 Å². The van der Waals surface area contributed by atoms with E-state index in [0.717, 1.165) is 24.8 Å². The molecular weight excluding hydrogens is 248 g/mol. The lowest BCUT2D eigenvalue weighted by atomic mass is 9.78. The van der Waals surface area contributed by atoms with Crippen LogP contribution in [0.5, 0.6) is 0 Å². The van der Waals surface area contributed by atoms with E-state index in [1.54, 1.807) is 0 Å². The first-order valence-electron chi connectivity index (χ1n) is 8.55. The third-order valence-electron chi connectivity index (χ3n) is 5.42. The number of rotatable bonds is 5. The lowest BCUT2D eigenvalue weighted by Gasteiger charge is -2.45. The fourth-order valence-corrected chi connectivity index (χ4v) is 3.56. The summed E-state index contributed by atoms with van der Waals surface area (Å²) in [6.07, 6.45) is 6.59. The summed E-state index contributed by atoms with van der Waals surface area (Å²) in [5.74, 6) is 1.94. The van der Waals surface area contributed by atoms with Crippen LogP contribution in [0.3, 0.4) is 0 Å². The van der Waals surface area contributed by atoms with Gasteiger partial charge in [-0.2, -0.15) is 0 Å². The average Bonchev–Trinajstić information content (AvgIpc) is 2.36. The van der Waals surface area contributed by atoms with E-state index in [1.165, 1.54) is 32.2 Å². The van der Waals surface area contributed by atoms with Gasteiger partial charge in [-0.25, -0.2) is 0 Å². The van der Waals surface area contributed by atoms with Gasteiger partial charge < -0.3 is 5.32 Å². The van der Waals surface area contributed by atoms with Crippen molar-refractivity contribution in [3.63, 3.8) is 0 Å². The van der Waals surface area contributed by atoms with Crippen molar-refractivity contribution in [2.24, 2.45) is 17.8 Å². The second-order valence-electron chi connectivity index (χ2n) is 7.26. The number of hydrogen-bond acceptors (Lipinski definition) is 2. The van der Waals surface area contributed by atoms with Crippen molar-refractivity contribution < 1.29 is 4.79 Å². The van der Waals surface area contributed by atoms with Gasteiger partial charge in [-0.3, -0.25) is 9.69 Å². The molecule has 0 radical (unpaired) electrons. The summed E-state index contributed by atoms with van der Waals surface area (Å²) in [4.78, 5) is 14.6. The molecule has 116 valence electrons. The first-order valence-corrected chi connectivity index (χ1v) is 8.55. The van der Waals surface area contributed by atoms with Crippen LogP contribution in [0.25, 0.3) is 0 Å². The summed E-state index contributed by atoms with van der Waals surface area (Å²) in [6, 6.07) is 1.04. The summed E-state index contributed by atoms with van der Waals surface area (Å²) >= 11 is 0. The summed E-state index contributed by atoms with van der Waals surface area (Å²) < 4.78 is 0. The molecular formula is C17H32N2O. The first-order chi connectivity index (χ1) is 9.51. The van der Waals surface area contributed by atoms with Crippen LogP contribution in [0.1, 0.15) is 59.8 Å². The van der Waals surface area contributed by atoms with Crippen molar-refractivity contribution in [1.29, 1.82) is 0 Å². The zero-order valence-electron chi connectivity index (χ0n) is 13.7. The van der Waals surface area contributed by atoms with Gasteiger partial charge in [0.25, 0.3) is 0 Å². The van der Waals surface area contributed by atoms with Crippen molar-refractivity contribution >= 4 is 5.91 Å². The lowest BCUT2D eigenvalue weighted by Crippen LogP contribution is -2.55. The van der Waals surface area contributed by atoms with E-state index in [-0.39, 0.29) is 11.8 Å². The van der Waals surface area contributed by atoms with Crippen LogP contribution in [-0.2, 0) is 4.79 Å². The molecule has 0 aromatic heterocycles. The van der Waals surface area contributed by atoms with Gasteiger partial charge in [0.05, 0.1) is 0 Å². The number of piperidine rings is 1. The molecule has 3 atom stereocenters. The van der Waals surface area contributed by atoms with E-state index in [4.69, 9.17) is 0 Å². The number of amides is 1. The van der Waals surface area contributed by atoms with Crippen molar-refractivity contribution in [2.45, 2.75) is 71.9 Å². The minimum absolute atomic E-state index is 0.0921. The van der Waals surface area contributed by atoms with Crippen LogP contribution in [0.15, 0.2) is 0 Å². The quantitative estimate of drug-likeness (QED) is 0.839. The normalized spacial score (nSPS) is 30.1. The Morgan fingerprint density at radius 1 is 1.25 bits per heavy atom. The maximum Gasteiger partial charge on any atom is 0.222 e. The average molecular weight is 280 g/mol. The van der Waals surface area contributed by atoms with Gasteiger partial charge in [0.1, 0.15) is 0 Å². The Morgan fingerprint density at radius 3 is 2.45 bits per heavy atom. The Kier molecular flexibility index (Phi) is 5.48. The van der Waals surface area contributed by atoms with Crippen LogP contribution < -0.4 is 5.32 Å². The number of nitrogens with one attached hydrogen (secondary N) is 1. The van der Waals surface area contributed by atoms with Gasteiger partial charge in [0.2, 0.25) is 5.91 Å². The third-order valence-corrected chi connectivity index (χ3v) is 5.42. The molecule has 2 fully saturated rings. The maximum absolute atomic E-state index is 12.0. The molecule has 3 nitrogen and oxygen atoms in total. The molecule has 0 bridgehead atoms. The highest BCUT2D eigenvalue weighted by atomic mass is 16.1. The highest BCUT2D eigenvalue weighted by molar-refractivity contribution is 5.78. The molecule has 2 aliphatic rings. The Labute approximate surface area is 124 Å². The molecule has 1 N–H and O–H groups in total. The molecule has 0 spiro atoms. The number of nitrogens with zero attached hydrogens (tertiary/aromatic N) is 1. The molecule has 1 aliphatic carbocycles. The second-order valence-corrected chi connectivity index (χ2v) is 7.26. The third kappa shape index (κ3) is 3.75. The Hall–Kier alpha value is -0.570. The number of carbonyl (C=O) groups excluding carboxylic acids is 1. The molecule has 1 saturated carbocycles. The maximum atomic E-state index is 12.0. The molecule has 0 aromatic rings. The summed E-state index contributed by atoms with van der Waals surface area (Å²) in [5.41, 5.74) is 0. The van der Waals surface area contributed by atoms with Crippen molar-refractivity contribution in [2.75, 3.05) is 13.1 Å². The molecule has 1 aliphatic heterocycles. The molecule has 1 heterocycles. The van der Waals surface area contributed by atoms with E-state index < -0.39 is 0 Å². The van der Waals surface area contributed by atoms with Crippen molar-refractivity contribution in [3.05, 3.63) is 0 Å². The van der Waals surface area contributed by atoms with Gasteiger partial charge in [-0.1, -0.05) is 33.6 Å². The fraction of sp³-hybridized carbons (Fsp3) is 0.941. The summed E-state index contributed by atoms with van der Waals surface area (Å²) in [7, 11) is 0. The topological polar surface area (TPSA) is 32.3 Å². The van der Waals surface area contributed by atoms with E-state index in [1.807, 2.05) is 13.8 Å². The number of likely N-dealkylation sites (tertiary alicyclic amines) is 1. The number of hydrogen-bond donors (Lipinski definition) is 1. The van der Waals surface area contributed by atoms with Gasteiger partial charge >= 0.3 is 0 Å². The van der Waals surface area contributed by atoms with Crippen molar-refractivity contribution in [3.8, 4) is 0 Å². The number of carbonyl (C=O) groups is 1.